The molecule has 0 bridgehead atoms. The fourth-order valence-electron chi connectivity index (χ4n) is 5.82. The van der Waals surface area contributed by atoms with E-state index < -0.39 is 12.0 Å². The van der Waals surface area contributed by atoms with E-state index in [4.69, 9.17) is 23.7 Å². The van der Waals surface area contributed by atoms with Gasteiger partial charge in [-0.3, -0.25) is 9.36 Å². The van der Waals surface area contributed by atoms with Crippen molar-refractivity contribution in [2.75, 3.05) is 27.9 Å². The standard InChI is InChI=1S/C37H33IN2O7S/c1-6-46-36(42)32-21(2)39-37-40(33(32)27-19-25(43-3)14-15-29(27)44-4)35(41)31(48-37)18-22-16-28(38)34(30(17-22)45-5)47-20-24-12-9-11-23-10-7-8-13-26(23)24/h7-19,33H,6,20H2,1-5H3/b31-18+/t33-/m0/s1. The van der Waals surface area contributed by atoms with E-state index in [0.717, 1.165) is 25.5 Å². The molecule has 0 aliphatic carbocycles. The molecule has 9 nitrogen and oxygen atoms in total. The van der Waals surface area contributed by atoms with Crippen LogP contribution in [0.3, 0.4) is 0 Å². The molecule has 0 saturated heterocycles. The average molecular weight is 777 g/mol. The third-order valence-corrected chi connectivity index (χ3v) is 9.83. The summed E-state index contributed by atoms with van der Waals surface area (Å²) in [6, 6.07) is 22.6. The number of ether oxygens (including phenoxy) is 5. The molecule has 0 unspecified atom stereocenters. The highest BCUT2D eigenvalue weighted by Crippen LogP contribution is 2.38. The number of esters is 1. The maximum atomic E-state index is 14.2. The zero-order valence-electron chi connectivity index (χ0n) is 27.0. The number of nitrogens with zero attached hydrogens (tertiary/aromatic N) is 2. The van der Waals surface area contributed by atoms with Gasteiger partial charge in [-0.2, -0.15) is 0 Å². The van der Waals surface area contributed by atoms with Gasteiger partial charge in [-0.1, -0.05) is 53.8 Å². The largest absolute Gasteiger partial charge is 0.497 e. The fourth-order valence-corrected chi connectivity index (χ4v) is 7.65. The number of benzene rings is 4. The van der Waals surface area contributed by atoms with Crippen molar-refractivity contribution in [1.29, 1.82) is 0 Å². The number of allylic oxidation sites excluding steroid dienone is 1. The van der Waals surface area contributed by atoms with Crippen LogP contribution in [0.15, 0.2) is 93.9 Å². The first-order chi connectivity index (χ1) is 23.3. The number of carbonyl (C=O) groups excluding carboxylic acids is 1. The first kappa shape index (κ1) is 33.3. The summed E-state index contributed by atoms with van der Waals surface area (Å²) < 4.78 is 31.5. The second-order valence-electron chi connectivity index (χ2n) is 10.9. The molecule has 0 amide bonds. The van der Waals surface area contributed by atoms with Crippen LogP contribution in [0.2, 0.25) is 0 Å². The first-order valence-corrected chi connectivity index (χ1v) is 17.1. The quantitative estimate of drug-likeness (QED) is 0.124. The van der Waals surface area contributed by atoms with E-state index in [1.807, 2.05) is 30.3 Å². The third-order valence-electron chi connectivity index (χ3n) is 8.05. The lowest BCUT2D eigenvalue weighted by Crippen LogP contribution is -2.40. The molecule has 5 aromatic rings. The van der Waals surface area contributed by atoms with E-state index >= 15 is 0 Å². The molecule has 4 aromatic carbocycles. The molecule has 246 valence electrons. The van der Waals surface area contributed by atoms with E-state index in [1.54, 1.807) is 59.5 Å². The number of halogens is 1. The molecular formula is C37H33IN2O7S. The second-order valence-corrected chi connectivity index (χ2v) is 13.0. The van der Waals surface area contributed by atoms with E-state index in [9.17, 15) is 9.59 Å². The summed E-state index contributed by atoms with van der Waals surface area (Å²) in [7, 11) is 4.69. The smallest absolute Gasteiger partial charge is 0.338 e. The lowest BCUT2D eigenvalue weighted by Gasteiger charge is -2.26. The molecule has 0 spiro atoms. The maximum absolute atomic E-state index is 14.2. The van der Waals surface area contributed by atoms with Gasteiger partial charge in [-0.25, -0.2) is 9.79 Å². The number of methoxy groups -OCH3 is 3. The Bertz CT molecular complexity index is 2250. The van der Waals surface area contributed by atoms with Gasteiger partial charge in [0.2, 0.25) is 0 Å². The number of aromatic nitrogens is 1. The monoisotopic (exact) mass is 776 g/mol. The molecule has 0 N–H and O–H groups in total. The molecule has 0 saturated carbocycles. The summed E-state index contributed by atoms with van der Waals surface area (Å²) in [6.45, 7) is 4.01. The van der Waals surface area contributed by atoms with Crippen molar-refractivity contribution < 1.29 is 28.5 Å². The zero-order chi connectivity index (χ0) is 33.9. The second kappa shape index (κ2) is 14.2. The molecule has 0 radical (unpaired) electrons. The minimum absolute atomic E-state index is 0.171. The number of carbonyl (C=O) groups is 1. The zero-order valence-corrected chi connectivity index (χ0v) is 30.0. The summed E-state index contributed by atoms with van der Waals surface area (Å²) in [5.74, 6) is 1.65. The Kier molecular flexibility index (Phi) is 9.88. The lowest BCUT2D eigenvalue weighted by atomic mass is 9.94. The van der Waals surface area contributed by atoms with Crippen LogP contribution in [0.5, 0.6) is 23.0 Å². The van der Waals surface area contributed by atoms with E-state index in [2.05, 4.69) is 51.8 Å². The molecule has 6 rings (SSSR count). The van der Waals surface area contributed by atoms with Gasteiger partial charge >= 0.3 is 5.97 Å². The topological polar surface area (TPSA) is 97.6 Å². The van der Waals surface area contributed by atoms with Gasteiger partial charge in [0.1, 0.15) is 24.1 Å². The van der Waals surface area contributed by atoms with Gasteiger partial charge in [-0.15, -0.1) is 0 Å². The Hall–Kier alpha value is -4.62. The number of hydrogen-bond acceptors (Lipinski definition) is 9. The van der Waals surface area contributed by atoms with Crippen molar-refractivity contribution in [3.05, 3.63) is 124 Å². The molecular weight excluding hydrogens is 743 g/mol. The summed E-state index contributed by atoms with van der Waals surface area (Å²) in [6.07, 6.45) is 1.80. The molecule has 11 heteroatoms. The lowest BCUT2D eigenvalue weighted by molar-refractivity contribution is -0.139. The van der Waals surface area contributed by atoms with Crippen molar-refractivity contribution in [1.82, 2.24) is 4.57 Å². The molecule has 1 aliphatic rings. The van der Waals surface area contributed by atoms with Crippen LogP contribution in [0.25, 0.3) is 16.8 Å². The Morgan fingerprint density at radius 3 is 2.50 bits per heavy atom. The van der Waals surface area contributed by atoms with Gasteiger partial charge in [0.15, 0.2) is 16.3 Å². The summed E-state index contributed by atoms with van der Waals surface area (Å²) in [5, 5.41) is 2.28. The van der Waals surface area contributed by atoms with Crippen LogP contribution in [0, 0.1) is 3.57 Å². The minimum atomic E-state index is -0.855. The van der Waals surface area contributed by atoms with Crippen LogP contribution in [0.4, 0.5) is 0 Å². The number of thiazole rings is 1. The molecule has 1 aromatic heterocycles. The van der Waals surface area contributed by atoms with Gasteiger partial charge in [0.05, 0.1) is 47.3 Å². The molecule has 1 atom stereocenters. The Morgan fingerprint density at radius 1 is 0.979 bits per heavy atom. The van der Waals surface area contributed by atoms with Gasteiger partial charge in [-0.05, 0) is 94.7 Å². The molecule has 1 aliphatic heterocycles. The minimum Gasteiger partial charge on any atom is -0.497 e. The summed E-state index contributed by atoms with van der Waals surface area (Å²) >= 11 is 3.46. The highest BCUT2D eigenvalue weighted by atomic mass is 127. The maximum Gasteiger partial charge on any atom is 0.338 e. The Labute approximate surface area is 294 Å². The SMILES string of the molecule is CCOC(=O)C1=C(C)N=c2s/c(=C/c3cc(I)c(OCc4cccc5ccccc45)c(OC)c3)c(=O)n2[C@H]1c1cc(OC)ccc1OC. The summed E-state index contributed by atoms with van der Waals surface area (Å²) in [5.41, 5.74) is 2.79. The van der Waals surface area contributed by atoms with Crippen molar-refractivity contribution in [2.45, 2.75) is 26.5 Å². The van der Waals surface area contributed by atoms with Gasteiger partial charge in [0.25, 0.3) is 5.56 Å². The number of rotatable bonds is 10. The predicted molar refractivity (Wildman–Crippen MR) is 194 cm³/mol. The van der Waals surface area contributed by atoms with Crippen LogP contribution in [-0.4, -0.2) is 38.5 Å². The molecule has 2 heterocycles. The third kappa shape index (κ3) is 6.31. The summed E-state index contributed by atoms with van der Waals surface area (Å²) in [4.78, 5) is 32.7. The highest BCUT2D eigenvalue weighted by molar-refractivity contribution is 14.1. The molecule has 48 heavy (non-hydrogen) atoms. The van der Waals surface area contributed by atoms with Crippen molar-refractivity contribution in [3.8, 4) is 23.0 Å². The Morgan fingerprint density at radius 2 is 1.75 bits per heavy atom. The van der Waals surface area contributed by atoms with Crippen LogP contribution < -0.4 is 33.8 Å². The normalized spacial score (nSPS) is 14.4. The van der Waals surface area contributed by atoms with E-state index in [0.29, 0.717) is 50.2 Å². The van der Waals surface area contributed by atoms with Crippen molar-refractivity contribution in [3.63, 3.8) is 0 Å². The van der Waals surface area contributed by atoms with Gasteiger partial charge < -0.3 is 23.7 Å². The van der Waals surface area contributed by atoms with Crippen LogP contribution in [-0.2, 0) is 16.1 Å². The van der Waals surface area contributed by atoms with E-state index in [1.165, 1.54) is 15.9 Å². The predicted octanol–water partition coefficient (Wildman–Crippen LogP) is 6.16. The highest BCUT2D eigenvalue weighted by Gasteiger charge is 2.35. The number of fused-ring (bicyclic) bond motifs is 2. The van der Waals surface area contributed by atoms with E-state index in [-0.39, 0.29) is 17.7 Å². The molecule has 0 fully saturated rings. The average Bonchev–Trinajstić information content (AvgIpc) is 3.40. The fraction of sp³-hybridized carbons (Fsp3) is 0.216. The number of hydrogen-bond donors (Lipinski definition) is 0. The van der Waals surface area contributed by atoms with Crippen LogP contribution >= 0.6 is 33.9 Å². The van der Waals surface area contributed by atoms with Crippen molar-refractivity contribution >= 4 is 56.7 Å². The Balaban J connectivity index is 1.43. The van der Waals surface area contributed by atoms with Crippen LogP contribution in [0.1, 0.15) is 36.6 Å². The first-order valence-electron chi connectivity index (χ1n) is 15.2. The van der Waals surface area contributed by atoms with Gasteiger partial charge in [0, 0.05) is 5.56 Å². The van der Waals surface area contributed by atoms with Crippen molar-refractivity contribution in [2.24, 2.45) is 4.99 Å².